The number of anilines is 6. The molecule has 294 valence electrons. The van der Waals surface area contributed by atoms with Crippen molar-refractivity contribution in [2.45, 2.75) is 25.7 Å². The van der Waals surface area contributed by atoms with Crippen LogP contribution < -0.4 is 9.80 Å². The second kappa shape index (κ2) is 15.1. The average Bonchev–Trinajstić information content (AvgIpc) is 3.35. The van der Waals surface area contributed by atoms with E-state index < -0.39 is 0 Å². The van der Waals surface area contributed by atoms with Crippen LogP contribution in [0.15, 0.2) is 218 Å². The van der Waals surface area contributed by atoms with Gasteiger partial charge < -0.3 is 9.80 Å². The highest BCUT2D eigenvalue weighted by Crippen LogP contribution is 2.53. The molecule has 2 aliphatic carbocycles. The number of hydrogen-bond donors (Lipinski definition) is 0. The molecule has 0 saturated heterocycles. The maximum Gasteiger partial charge on any atom is 0.0540 e. The van der Waals surface area contributed by atoms with Crippen molar-refractivity contribution in [3.63, 3.8) is 0 Å². The monoisotopic (exact) mass is 792 g/mol. The van der Waals surface area contributed by atoms with Crippen LogP contribution in [-0.4, -0.2) is 0 Å². The number of fused-ring (bicyclic) bond motifs is 2. The molecule has 0 N–H and O–H groups in total. The van der Waals surface area contributed by atoms with E-state index in [1.165, 1.54) is 99.9 Å². The number of rotatable bonds is 8. The minimum Gasteiger partial charge on any atom is -0.310 e. The summed E-state index contributed by atoms with van der Waals surface area (Å²) < 4.78 is 0. The van der Waals surface area contributed by atoms with Gasteiger partial charge >= 0.3 is 0 Å². The van der Waals surface area contributed by atoms with Crippen molar-refractivity contribution >= 4 is 55.7 Å². The van der Waals surface area contributed by atoms with Gasteiger partial charge in [0.15, 0.2) is 0 Å². The summed E-state index contributed by atoms with van der Waals surface area (Å²) in [5.74, 6) is 0. The first-order valence-corrected chi connectivity index (χ1v) is 21.9. The van der Waals surface area contributed by atoms with Crippen molar-refractivity contribution < 1.29 is 0 Å². The van der Waals surface area contributed by atoms with Crippen LogP contribution >= 0.6 is 0 Å². The Balaban J connectivity index is 1.05. The van der Waals surface area contributed by atoms with Crippen LogP contribution in [0.2, 0.25) is 0 Å². The molecular weight excluding hydrogens is 749 g/mol. The summed E-state index contributed by atoms with van der Waals surface area (Å²) in [7, 11) is 0. The Morgan fingerprint density at radius 3 is 1.06 bits per heavy atom. The molecule has 0 atom stereocenters. The first-order chi connectivity index (χ1) is 30.8. The average molecular weight is 793 g/mol. The van der Waals surface area contributed by atoms with Crippen LogP contribution in [0.4, 0.5) is 34.1 Å². The molecule has 10 aromatic carbocycles. The lowest BCUT2D eigenvalue weighted by atomic mass is 9.74. The van der Waals surface area contributed by atoms with Crippen LogP contribution in [0.25, 0.3) is 54.9 Å². The summed E-state index contributed by atoms with van der Waals surface area (Å²) in [6.45, 7) is 0. The predicted molar refractivity (Wildman–Crippen MR) is 262 cm³/mol. The topological polar surface area (TPSA) is 6.48 Å². The highest BCUT2D eigenvalue weighted by atomic mass is 15.2. The van der Waals surface area contributed by atoms with Gasteiger partial charge in [-0.2, -0.15) is 0 Å². The summed E-state index contributed by atoms with van der Waals surface area (Å²) in [5.41, 5.74) is 20.8. The Bertz CT molecular complexity index is 3040. The van der Waals surface area contributed by atoms with Gasteiger partial charge in [0, 0.05) is 33.5 Å². The normalized spacial score (nSPS) is 12.6. The first-order valence-electron chi connectivity index (χ1n) is 21.9. The minimum atomic E-state index is 0.988. The maximum absolute atomic E-state index is 2.53. The Labute approximate surface area is 363 Å². The van der Waals surface area contributed by atoms with Crippen LogP contribution in [0.5, 0.6) is 0 Å². The Kier molecular flexibility index (Phi) is 8.81. The summed E-state index contributed by atoms with van der Waals surface area (Å²) in [5, 5.41) is 4.97. The molecule has 0 fully saturated rings. The molecule has 0 spiro atoms. The quantitative estimate of drug-likeness (QED) is 0.151. The van der Waals surface area contributed by atoms with Crippen molar-refractivity contribution in [3.8, 4) is 33.4 Å². The van der Waals surface area contributed by atoms with Crippen molar-refractivity contribution in [2.24, 2.45) is 0 Å². The summed E-state index contributed by atoms with van der Waals surface area (Å²) in [6.07, 6.45) is 3.98. The zero-order valence-electron chi connectivity index (χ0n) is 34.5. The van der Waals surface area contributed by atoms with E-state index in [1.807, 2.05) is 0 Å². The lowest BCUT2D eigenvalue weighted by molar-refractivity contribution is 0.874. The van der Waals surface area contributed by atoms with Crippen LogP contribution in [0.3, 0.4) is 0 Å². The molecule has 12 rings (SSSR count). The van der Waals surface area contributed by atoms with E-state index >= 15 is 0 Å². The molecule has 2 nitrogen and oxygen atoms in total. The molecule has 2 aliphatic rings. The maximum atomic E-state index is 2.53. The summed E-state index contributed by atoms with van der Waals surface area (Å²) in [4.78, 5) is 5.07. The Hall–Kier alpha value is -7.68. The number of benzene rings is 10. The van der Waals surface area contributed by atoms with E-state index in [4.69, 9.17) is 0 Å². The van der Waals surface area contributed by atoms with Crippen LogP contribution in [0, 0.1) is 0 Å². The molecule has 0 heterocycles. The fourth-order valence-electron chi connectivity index (χ4n) is 10.3. The first kappa shape index (κ1) is 36.2. The van der Waals surface area contributed by atoms with Gasteiger partial charge in [0.25, 0.3) is 0 Å². The van der Waals surface area contributed by atoms with Gasteiger partial charge in [-0.05, 0) is 141 Å². The van der Waals surface area contributed by atoms with Crippen LogP contribution in [-0.2, 0) is 25.7 Å². The smallest absolute Gasteiger partial charge is 0.0540 e. The molecule has 0 aromatic heterocycles. The third-order valence-electron chi connectivity index (χ3n) is 13.2. The second-order valence-electron chi connectivity index (χ2n) is 16.7. The second-order valence-corrected chi connectivity index (χ2v) is 16.7. The lowest BCUT2D eigenvalue weighted by Gasteiger charge is -2.37. The molecule has 0 aliphatic heterocycles. The third-order valence-corrected chi connectivity index (χ3v) is 13.2. The number of aryl methyl sites for hydroxylation is 2. The zero-order chi connectivity index (χ0) is 41.0. The summed E-state index contributed by atoms with van der Waals surface area (Å²) in [6, 6.07) is 80.5. The number of hydrogen-bond acceptors (Lipinski definition) is 2. The van der Waals surface area contributed by atoms with Gasteiger partial charge in [-0.3, -0.25) is 0 Å². The molecular formula is C60H44N2. The summed E-state index contributed by atoms with van der Waals surface area (Å²) >= 11 is 0. The van der Waals surface area contributed by atoms with E-state index in [0.717, 1.165) is 37.1 Å². The SMILES string of the molecule is c1ccc(-c2ccc(N(c3ccc4c5c3CCc3ccc(N(c6ccc(-c7ccccc7)cc6)c6cccc7ccccc67)c(c3-5)CC4)c3cccc4ccccc34)cc2)cc1. The van der Waals surface area contributed by atoms with Crippen LogP contribution in [0.1, 0.15) is 22.3 Å². The highest BCUT2D eigenvalue weighted by molar-refractivity contribution is 6.03. The van der Waals surface area contributed by atoms with E-state index in [0.29, 0.717) is 0 Å². The highest BCUT2D eigenvalue weighted by Gasteiger charge is 2.33. The molecule has 62 heavy (non-hydrogen) atoms. The Morgan fingerprint density at radius 2 is 0.629 bits per heavy atom. The third kappa shape index (κ3) is 6.10. The van der Waals surface area contributed by atoms with E-state index in [2.05, 4.69) is 228 Å². The molecule has 0 saturated carbocycles. The van der Waals surface area contributed by atoms with E-state index in [9.17, 15) is 0 Å². The molecule has 0 amide bonds. The molecule has 0 bridgehead atoms. The van der Waals surface area contributed by atoms with E-state index in [1.54, 1.807) is 0 Å². The molecule has 0 unspecified atom stereocenters. The fourth-order valence-corrected chi connectivity index (χ4v) is 10.3. The zero-order valence-corrected chi connectivity index (χ0v) is 34.5. The van der Waals surface area contributed by atoms with E-state index in [-0.39, 0.29) is 0 Å². The van der Waals surface area contributed by atoms with Gasteiger partial charge in [-0.1, -0.05) is 170 Å². The van der Waals surface area contributed by atoms with Gasteiger partial charge in [0.1, 0.15) is 0 Å². The Morgan fingerprint density at radius 1 is 0.258 bits per heavy atom. The van der Waals surface area contributed by atoms with Crippen molar-refractivity contribution in [3.05, 3.63) is 241 Å². The largest absolute Gasteiger partial charge is 0.310 e. The van der Waals surface area contributed by atoms with Crippen molar-refractivity contribution in [1.29, 1.82) is 0 Å². The van der Waals surface area contributed by atoms with Crippen molar-refractivity contribution in [2.75, 3.05) is 9.80 Å². The van der Waals surface area contributed by atoms with Crippen molar-refractivity contribution in [1.82, 2.24) is 0 Å². The predicted octanol–water partition coefficient (Wildman–Crippen LogP) is 16.1. The lowest BCUT2D eigenvalue weighted by Crippen LogP contribution is -2.21. The molecule has 2 heteroatoms. The standard InChI is InChI=1S/C60H44N2/c1-3-13-41(14-4-1)43-25-33-49(34-26-43)61(55-23-11-19-45-17-7-9-21-51(45)55)57-39-31-47-30-38-54-58(40-32-48-29-37-53(57)59(47)60(48)54)62(56-24-12-20-46-18-8-10-22-52(46)56)50-35-27-44(28-36-50)42-15-5-2-6-16-42/h1-28,31-36,39-40H,29-30,37-38H2. The number of nitrogens with zero attached hydrogens (tertiary/aromatic N) is 2. The van der Waals surface area contributed by atoms with Gasteiger partial charge in [0.05, 0.1) is 11.4 Å². The molecule has 10 aromatic rings. The molecule has 0 radical (unpaired) electrons. The van der Waals surface area contributed by atoms with Gasteiger partial charge in [-0.15, -0.1) is 0 Å². The van der Waals surface area contributed by atoms with Gasteiger partial charge in [-0.25, -0.2) is 0 Å². The minimum absolute atomic E-state index is 0.988. The fraction of sp³-hybridized carbons (Fsp3) is 0.0667. The van der Waals surface area contributed by atoms with Gasteiger partial charge in [0.2, 0.25) is 0 Å².